The lowest BCUT2D eigenvalue weighted by Crippen LogP contribution is -2.45. The molecule has 1 aliphatic heterocycles. The van der Waals surface area contributed by atoms with Gasteiger partial charge in [0.15, 0.2) is 12.4 Å². The van der Waals surface area contributed by atoms with Gasteiger partial charge in [-0.15, -0.1) is 0 Å². The summed E-state index contributed by atoms with van der Waals surface area (Å²) >= 11 is 0. The van der Waals surface area contributed by atoms with Gasteiger partial charge in [-0.25, -0.2) is 9.06 Å². The average Bonchev–Trinajstić information content (AvgIpc) is 2.91. The molecule has 5 atom stereocenters. The number of carbonyl (C=O) groups excluding carboxylic acids is 1. The van der Waals surface area contributed by atoms with Crippen LogP contribution in [0.5, 0.6) is 0 Å². The van der Waals surface area contributed by atoms with Crippen LogP contribution in [0.2, 0.25) is 0 Å². The zero-order chi connectivity index (χ0) is 21.4. The first-order valence-corrected chi connectivity index (χ1v) is 10.1. The lowest BCUT2D eigenvalue weighted by molar-refractivity contribution is -0.141. The summed E-state index contributed by atoms with van der Waals surface area (Å²) in [5.74, 6) is -0.370. The van der Waals surface area contributed by atoms with E-state index in [-0.39, 0.29) is 37.9 Å². The van der Waals surface area contributed by atoms with Gasteiger partial charge in [-0.1, -0.05) is 6.58 Å². The van der Waals surface area contributed by atoms with Gasteiger partial charge < -0.3 is 13.8 Å². The maximum Gasteiger partial charge on any atom is 0.259 e. The molecule has 1 heterocycles. The minimum atomic E-state index is -1.72. The zero-order valence-corrected chi connectivity index (χ0v) is 17.6. The molecule has 0 spiro atoms. The van der Waals surface area contributed by atoms with E-state index in [1.54, 1.807) is 0 Å². The van der Waals surface area contributed by atoms with Gasteiger partial charge in [-0.2, -0.15) is 5.26 Å². The fourth-order valence-electron chi connectivity index (χ4n) is 2.84. The first-order chi connectivity index (χ1) is 13.2. The Morgan fingerprint density at radius 3 is 2.56 bits per heavy atom. The van der Waals surface area contributed by atoms with Gasteiger partial charge in [0.05, 0.1) is 25.2 Å². The molecular weight excluding hydrogens is 372 g/mol. The Balaban J connectivity index is 3.16. The zero-order valence-electron chi connectivity index (χ0n) is 17.7. The third kappa shape index (κ3) is 6.20. The number of hydrogen-bond donors (Lipinski definition) is 0. The van der Waals surface area contributed by atoms with E-state index in [9.17, 15) is 4.79 Å². The Labute approximate surface area is 164 Å². The molecule has 1 aliphatic rings. The molecule has 1 rings (SSSR count). The Morgan fingerprint density at radius 1 is 1.48 bits per heavy atom. The van der Waals surface area contributed by atoms with Crippen molar-refractivity contribution < 1.29 is 24.3 Å². The standard InChI is InChI=1S/C18H31FN3O4P/c1-8-21(15(7)23)18-17(16(19)14(6)25-18)26-27(24-11-9-10-20)22(12(2)3)13(4)5/h8,12-14,16-18H,1,9,11H2,2-7H3/t14-,16+,17?,18-,27?/m1/s1/i6D. The van der Waals surface area contributed by atoms with Crippen LogP contribution in [0.15, 0.2) is 12.8 Å². The second kappa shape index (κ2) is 11.0. The van der Waals surface area contributed by atoms with E-state index in [0.29, 0.717) is 0 Å². The smallest absolute Gasteiger partial charge is 0.259 e. The normalized spacial score (nSPS) is 26.9. The number of nitrogens with zero attached hydrogens (tertiary/aromatic N) is 3. The molecule has 0 aromatic heterocycles. The van der Waals surface area contributed by atoms with E-state index >= 15 is 4.39 Å². The highest BCUT2D eigenvalue weighted by Crippen LogP contribution is 2.49. The predicted molar refractivity (Wildman–Crippen MR) is 102 cm³/mol. The van der Waals surface area contributed by atoms with Crippen molar-refractivity contribution in [3.8, 4) is 6.07 Å². The van der Waals surface area contributed by atoms with E-state index in [2.05, 4.69) is 6.58 Å². The summed E-state index contributed by atoms with van der Waals surface area (Å²) in [6.07, 6.45) is -3.34. The van der Waals surface area contributed by atoms with E-state index in [1.165, 1.54) is 18.0 Å². The summed E-state index contributed by atoms with van der Waals surface area (Å²) < 4.78 is 42.0. The van der Waals surface area contributed by atoms with Crippen LogP contribution in [0, 0.1) is 11.3 Å². The van der Waals surface area contributed by atoms with Crippen molar-refractivity contribution in [1.82, 2.24) is 9.57 Å². The van der Waals surface area contributed by atoms with Crippen LogP contribution < -0.4 is 0 Å². The molecule has 7 nitrogen and oxygen atoms in total. The number of ether oxygens (including phenoxy) is 1. The molecule has 2 unspecified atom stereocenters. The number of rotatable bonds is 10. The number of hydrogen-bond acceptors (Lipinski definition) is 6. The third-order valence-corrected chi connectivity index (χ3v) is 6.10. The molecule has 0 radical (unpaired) electrons. The molecule has 9 heteroatoms. The van der Waals surface area contributed by atoms with Crippen LogP contribution >= 0.6 is 8.53 Å². The number of alkyl halides is 1. The molecule has 1 saturated heterocycles. The van der Waals surface area contributed by atoms with Crippen LogP contribution in [0.3, 0.4) is 0 Å². The third-order valence-electron chi connectivity index (χ3n) is 3.97. The lowest BCUT2D eigenvalue weighted by atomic mass is 10.1. The number of halogens is 1. The molecule has 0 N–H and O–H groups in total. The summed E-state index contributed by atoms with van der Waals surface area (Å²) in [5.41, 5.74) is 0. The van der Waals surface area contributed by atoms with Crippen molar-refractivity contribution in [1.29, 1.82) is 5.26 Å². The van der Waals surface area contributed by atoms with Gasteiger partial charge in [-0.05, 0) is 34.6 Å². The fraction of sp³-hybridized carbons (Fsp3) is 0.778. The fourth-order valence-corrected chi connectivity index (χ4v) is 4.58. The maximum absolute atomic E-state index is 15.0. The van der Waals surface area contributed by atoms with Crippen LogP contribution in [0.25, 0.3) is 0 Å². The van der Waals surface area contributed by atoms with E-state index < -0.39 is 33.1 Å². The first kappa shape index (κ1) is 22.2. The Bertz CT molecular complexity index is 555. The van der Waals surface area contributed by atoms with Crippen molar-refractivity contribution in [3.63, 3.8) is 0 Å². The highest BCUT2D eigenvalue weighted by atomic mass is 31.2. The van der Waals surface area contributed by atoms with E-state index in [4.69, 9.17) is 20.4 Å². The molecule has 0 aliphatic carbocycles. The van der Waals surface area contributed by atoms with Gasteiger partial charge in [0, 0.05) is 26.6 Å². The highest BCUT2D eigenvalue weighted by molar-refractivity contribution is 7.44. The minimum absolute atomic E-state index is 0.0438. The molecule has 1 amide bonds. The summed E-state index contributed by atoms with van der Waals surface area (Å²) in [6.45, 7) is 12.7. The number of nitriles is 1. The Morgan fingerprint density at radius 2 is 2.11 bits per heavy atom. The van der Waals surface area contributed by atoms with Crippen LogP contribution in [-0.2, 0) is 18.6 Å². The second-order valence-corrected chi connectivity index (χ2v) is 8.14. The number of amides is 1. The molecule has 154 valence electrons. The first-order valence-electron chi connectivity index (χ1n) is 9.65. The summed E-state index contributed by atoms with van der Waals surface area (Å²) in [5, 5.41) is 8.80. The number of carbonyl (C=O) groups is 1. The molecule has 0 saturated carbocycles. The van der Waals surface area contributed by atoms with Gasteiger partial charge >= 0.3 is 0 Å². The Kier molecular flexibility index (Phi) is 9.07. The van der Waals surface area contributed by atoms with Crippen LogP contribution in [-0.4, -0.2) is 58.8 Å². The van der Waals surface area contributed by atoms with Crippen molar-refractivity contribution in [3.05, 3.63) is 12.8 Å². The van der Waals surface area contributed by atoms with Crippen LogP contribution in [0.4, 0.5) is 4.39 Å². The topological polar surface area (TPSA) is 75.0 Å². The molecule has 0 aromatic rings. The largest absolute Gasteiger partial charge is 0.349 e. The second-order valence-electron chi connectivity index (χ2n) is 6.74. The van der Waals surface area contributed by atoms with Crippen molar-refractivity contribution in [2.24, 2.45) is 0 Å². The van der Waals surface area contributed by atoms with Gasteiger partial charge in [0.1, 0.15) is 6.10 Å². The van der Waals surface area contributed by atoms with Crippen molar-refractivity contribution >= 4 is 14.4 Å². The molecule has 1 fully saturated rings. The lowest BCUT2D eigenvalue weighted by Gasteiger charge is -2.38. The van der Waals surface area contributed by atoms with Crippen molar-refractivity contribution in [2.75, 3.05) is 6.61 Å². The van der Waals surface area contributed by atoms with Crippen molar-refractivity contribution in [2.45, 2.75) is 84.6 Å². The summed E-state index contributed by atoms with van der Waals surface area (Å²) in [6, 6.07) is 2.10. The molecular formula is C18H31FN3O4P. The van der Waals surface area contributed by atoms with Gasteiger partial charge in [0.25, 0.3) is 8.53 Å². The minimum Gasteiger partial charge on any atom is -0.349 e. The van der Waals surface area contributed by atoms with Gasteiger partial charge in [0.2, 0.25) is 5.91 Å². The summed E-state index contributed by atoms with van der Waals surface area (Å²) in [7, 11) is -1.72. The van der Waals surface area contributed by atoms with E-state index in [0.717, 1.165) is 0 Å². The Hall–Kier alpha value is -1.10. The van der Waals surface area contributed by atoms with Crippen LogP contribution in [0.1, 0.15) is 49.3 Å². The predicted octanol–water partition coefficient (Wildman–Crippen LogP) is 3.72. The van der Waals surface area contributed by atoms with Gasteiger partial charge in [-0.3, -0.25) is 9.69 Å². The maximum atomic E-state index is 15.0. The molecule has 27 heavy (non-hydrogen) atoms. The SMILES string of the molecule is [2H]C[C@H]1O[C@@H](N(C=C)C(C)=O)C(OP(OCCC#N)N(C(C)C)C(C)C)[C@H]1F. The quantitative estimate of drug-likeness (QED) is 0.408. The monoisotopic (exact) mass is 404 g/mol. The average molecular weight is 404 g/mol. The molecule has 0 bridgehead atoms. The summed E-state index contributed by atoms with van der Waals surface area (Å²) in [4.78, 5) is 13.1. The molecule has 0 aromatic carbocycles. The highest BCUT2D eigenvalue weighted by Gasteiger charge is 2.49. The van der Waals surface area contributed by atoms with E-state index in [1.807, 2.05) is 38.4 Å².